The van der Waals surface area contributed by atoms with Gasteiger partial charge in [0, 0.05) is 31.7 Å². The van der Waals surface area contributed by atoms with Gasteiger partial charge in [0.25, 0.3) is 11.8 Å². The summed E-state index contributed by atoms with van der Waals surface area (Å²) >= 11 is 0. The van der Waals surface area contributed by atoms with E-state index in [1.165, 1.54) is 6.07 Å². The Morgan fingerprint density at radius 1 is 1.10 bits per heavy atom. The van der Waals surface area contributed by atoms with E-state index in [9.17, 15) is 9.90 Å². The smallest absolute Gasteiger partial charge is 0.254 e. The highest BCUT2D eigenvalue weighted by Gasteiger charge is 2.24. The number of methoxy groups -OCH3 is 1. The summed E-state index contributed by atoms with van der Waals surface area (Å²) in [5, 5.41) is 17.9. The summed E-state index contributed by atoms with van der Waals surface area (Å²) in [6.07, 6.45) is 0. The number of phenolic OH excluding ortho intramolecular Hbond substituents is 1. The van der Waals surface area contributed by atoms with Crippen LogP contribution in [0.1, 0.15) is 16.2 Å². The molecule has 1 aliphatic rings. The summed E-state index contributed by atoms with van der Waals surface area (Å²) in [4.78, 5) is 16.5. The zero-order valence-corrected chi connectivity index (χ0v) is 16.1. The number of hydrogen-bond acceptors (Lipinski definition) is 7. The number of hydrogen-bond donors (Lipinski definition) is 1. The van der Waals surface area contributed by atoms with Crippen LogP contribution in [-0.2, 0) is 6.54 Å². The van der Waals surface area contributed by atoms with Crippen molar-refractivity contribution in [1.29, 1.82) is 0 Å². The highest BCUT2D eigenvalue weighted by molar-refractivity contribution is 5.94. The van der Waals surface area contributed by atoms with Crippen molar-refractivity contribution in [1.82, 2.24) is 20.0 Å². The Hall–Kier alpha value is -3.39. The molecule has 8 nitrogen and oxygen atoms in total. The van der Waals surface area contributed by atoms with Crippen molar-refractivity contribution in [2.75, 3.05) is 33.3 Å². The van der Waals surface area contributed by atoms with Crippen molar-refractivity contribution in [3.05, 3.63) is 60.0 Å². The SMILES string of the molecule is COc1ccccc1-c1nnc(CN2CCN(C(=O)c3cccc(O)c3)CC2)o1. The summed E-state index contributed by atoms with van der Waals surface area (Å²) in [7, 11) is 1.60. The van der Waals surface area contributed by atoms with Gasteiger partial charge in [0.2, 0.25) is 5.89 Å². The standard InChI is InChI=1S/C21H22N4O4/c1-28-18-8-3-2-7-17(18)20-23-22-19(29-20)14-24-9-11-25(12-10-24)21(27)15-5-4-6-16(26)13-15/h2-8,13,26H,9-12,14H2,1H3. The van der Waals surface area contributed by atoms with Crippen LogP contribution >= 0.6 is 0 Å². The fourth-order valence-electron chi connectivity index (χ4n) is 3.37. The van der Waals surface area contributed by atoms with Crippen molar-refractivity contribution in [2.45, 2.75) is 6.54 Å². The Balaban J connectivity index is 1.36. The number of aromatic nitrogens is 2. The molecule has 4 rings (SSSR count). The summed E-state index contributed by atoms with van der Waals surface area (Å²) in [6.45, 7) is 3.13. The minimum absolute atomic E-state index is 0.0724. The highest BCUT2D eigenvalue weighted by atomic mass is 16.5. The second-order valence-electron chi connectivity index (χ2n) is 6.82. The molecule has 29 heavy (non-hydrogen) atoms. The Bertz CT molecular complexity index is 996. The van der Waals surface area contributed by atoms with Crippen LogP contribution in [0.5, 0.6) is 11.5 Å². The van der Waals surface area contributed by atoms with Gasteiger partial charge in [0.15, 0.2) is 0 Å². The van der Waals surface area contributed by atoms with Gasteiger partial charge < -0.3 is 19.2 Å². The molecular formula is C21H22N4O4. The van der Waals surface area contributed by atoms with Gasteiger partial charge in [-0.3, -0.25) is 9.69 Å². The zero-order chi connectivity index (χ0) is 20.2. The predicted molar refractivity (Wildman–Crippen MR) is 106 cm³/mol. The van der Waals surface area contributed by atoms with Crippen LogP contribution in [0.2, 0.25) is 0 Å². The van der Waals surface area contributed by atoms with Crippen LogP contribution in [0.15, 0.2) is 52.9 Å². The molecule has 1 N–H and O–H groups in total. The molecule has 1 amide bonds. The van der Waals surface area contributed by atoms with Gasteiger partial charge in [-0.1, -0.05) is 18.2 Å². The van der Waals surface area contributed by atoms with Crippen molar-refractivity contribution < 1.29 is 19.1 Å². The molecule has 2 aromatic carbocycles. The normalized spacial score (nSPS) is 14.7. The lowest BCUT2D eigenvalue weighted by molar-refractivity contribution is 0.0618. The topological polar surface area (TPSA) is 91.9 Å². The second kappa shape index (κ2) is 8.32. The molecule has 0 saturated carbocycles. The van der Waals surface area contributed by atoms with Crippen molar-refractivity contribution >= 4 is 5.91 Å². The molecule has 0 unspecified atom stereocenters. The minimum Gasteiger partial charge on any atom is -0.508 e. The largest absolute Gasteiger partial charge is 0.508 e. The lowest BCUT2D eigenvalue weighted by Gasteiger charge is -2.34. The summed E-state index contributed by atoms with van der Waals surface area (Å²) in [5.74, 6) is 1.66. The van der Waals surface area contributed by atoms with Crippen molar-refractivity contribution in [3.8, 4) is 23.0 Å². The van der Waals surface area contributed by atoms with Crippen LogP contribution < -0.4 is 4.74 Å². The third-order valence-electron chi connectivity index (χ3n) is 4.92. The number of benzene rings is 2. The number of amides is 1. The Kier molecular flexibility index (Phi) is 5.44. The molecule has 2 heterocycles. The van der Waals surface area contributed by atoms with E-state index in [0.29, 0.717) is 55.8 Å². The predicted octanol–water partition coefficient (Wildman–Crippen LogP) is 2.41. The molecule has 1 aromatic heterocycles. The van der Waals surface area contributed by atoms with E-state index < -0.39 is 0 Å². The van der Waals surface area contributed by atoms with Gasteiger partial charge in [0.05, 0.1) is 19.2 Å². The first kappa shape index (κ1) is 18.9. The molecule has 1 saturated heterocycles. The molecule has 150 valence electrons. The average Bonchev–Trinajstić information content (AvgIpc) is 3.22. The molecule has 0 aliphatic carbocycles. The van der Waals surface area contributed by atoms with Crippen molar-refractivity contribution in [3.63, 3.8) is 0 Å². The van der Waals surface area contributed by atoms with Crippen LogP contribution in [-0.4, -0.2) is 64.3 Å². The molecule has 0 atom stereocenters. The van der Waals surface area contributed by atoms with Crippen molar-refractivity contribution in [2.24, 2.45) is 0 Å². The number of aromatic hydroxyl groups is 1. The number of carbonyl (C=O) groups is 1. The first-order valence-corrected chi connectivity index (χ1v) is 9.40. The van der Waals surface area contributed by atoms with Gasteiger partial charge in [-0.15, -0.1) is 10.2 Å². The number of carbonyl (C=O) groups excluding carboxylic acids is 1. The molecule has 1 fully saturated rings. The van der Waals surface area contributed by atoms with Gasteiger partial charge in [-0.05, 0) is 30.3 Å². The van der Waals surface area contributed by atoms with E-state index in [4.69, 9.17) is 9.15 Å². The van der Waals surface area contributed by atoms with E-state index in [1.54, 1.807) is 30.2 Å². The van der Waals surface area contributed by atoms with Gasteiger partial charge in [-0.25, -0.2) is 0 Å². The quantitative estimate of drug-likeness (QED) is 0.710. The number of rotatable bonds is 5. The fourth-order valence-corrected chi connectivity index (χ4v) is 3.37. The van der Waals surface area contributed by atoms with Crippen LogP contribution in [0.25, 0.3) is 11.5 Å². The lowest BCUT2D eigenvalue weighted by Crippen LogP contribution is -2.48. The lowest BCUT2D eigenvalue weighted by atomic mass is 10.1. The number of phenols is 1. The van der Waals surface area contributed by atoms with E-state index >= 15 is 0 Å². The molecule has 8 heteroatoms. The van der Waals surface area contributed by atoms with E-state index in [2.05, 4.69) is 15.1 Å². The number of nitrogens with zero attached hydrogens (tertiary/aromatic N) is 4. The Labute approximate surface area is 168 Å². The summed E-state index contributed by atoms with van der Waals surface area (Å²) < 4.78 is 11.2. The summed E-state index contributed by atoms with van der Waals surface area (Å²) in [6, 6.07) is 13.9. The molecule has 0 spiro atoms. The molecule has 1 aliphatic heterocycles. The van der Waals surface area contributed by atoms with Gasteiger partial charge in [-0.2, -0.15) is 0 Å². The zero-order valence-electron chi connectivity index (χ0n) is 16.1. The number of para-hydroxylation sites is 1. The number of piperazine rings is 1. The Morgan fingerprint density at radius 2 is 1.90 bits per heavy atom. The van der Waals surface area contributed by atoms with Crippen LogP contribution in [0.3, 0.4) is 0 Å². The Morgan fingerprint density at radius 3 is 2.66 bits per heavy atom. The van der Waals surface area contributed by atoms with Gasteiger partial charge in [0.1, 0.15) is 11.5 Å². The van der Waals surface area contributed by atoms with Crippen LogP contribution in [0, 0.1) is 0 Å². The maximum absolute atomic E-state index is 12.6. The molecule has 0 radical (unpaired) electrons. The molecular weight excluding hydrogens is 372 g/mol. The molecule has 0 bridgehead atoms. The third kappa shape index (κ3) is 4.22. The maximum Gasteiger partial charge on any atom is 0.254 e. The van der Waals surface area contributed by atoms with E-state index in [0.717, 1.165) is 5.56 Å². The first-order chi connectivity index (χ1) is 14.1. The van der Waals surface area contributed by atoms with Crippen LogP contribution in [0.4, 0.5) is 0 Å². The average molecular weight is 394 g/mol. The monoisotopic (exact) mass is 394 g/mol. The summed E-state index contributed by atoms with van der Waals surface area (Å²) in [5.41, 5.74) is 1.26. The van der Waals surface area contributed by atoms with E-state index in [-0.39, 0.29) is 11.7 Å². The van der Waals surface area contributed by atoms with E-state index in [1.807, 2.05) is 24.3 Å². The first-order valence-electron chi connectivity index (χ1n) is 9.40. The minimum atomic E-state index is -0.0724. The molecule has 3 aromatic rings. The fraction of sp³-hybridized carbons (Fsp3) is 0.286. The highest BCUT2D eigenvalue weighted by Crippen LogP contribution is 2.28. The third-order valence-corrected chi connectivity index (χ3v) is 4.92. The maximum atomic E-state index is 12.6. The number of ether oxygens (including phenoxy) is 1. The van der Waals surface area contributed by atoms with Gasteiger partial charge >= 0.3 is 0 Å². The second-order valence-corrected chi connectivity index (χ2v) is 6.82.